The van der Waals surface area contributed by atoms with Gasteiger partial charge < -0.3 is 4.74 Å². The van der Waals surface area contributed by atoms with Crippen molar-refractivity contribution < 1.29 is 22.7 Å². The van der Waals surface area contributed by atoms with E-state index in [-0.39, 0.29) is 6.61 Å². The van der Waals surface area contributed by atoms with E-state index in [1.54, 1.807) is 0 Å². The highest BCUT2D eigenvalue weighted by atomic mass is 19.4. The summed E-state index contributed by atoms with van der Waals surface area (Å²) in [5.74, 6) is -1.57. The minimum Gasteiger partial charge on any atom is -0.459 e. The van der Waals surface area contributed by atoms with Crippen LogP contribution in [0.5, 0.6) is 0 Å². The molecular weight excluding hydrogens is 197 g/mol. The molecule has 0 unspecified atom stereocenters. The van der Waals surface area contributed by atoms with E-state index in [2.05, 4.69) is 4.74 Å². The normalized spacial score (nSPS) is 11.9. The highest BCUT2D eigenvalue weighted by Gasteiger charge is 2.40. The van der Waals surface area contributed by atoms with Crippen LogP contribution in [0, 0.1) is 5.92 Å². The highest BCUT2D eigenvalue weighted by Crippen LogP contribution is 2.16. The van der Waals surface area contributed by atoms with Crippen LogP contribution in [0.2, 0.25) is 0 Å². The first-order valence-corrected chi connectivity index (χ1v) is 4.58. The predicted molar refractivity (Wildman–Crippen MR) is 45.7 cm³/mol. The van der Waals surface area contributed by atoms with Gasteiger partial charge in [-0.15, -0.1) is 0 Å². The van der Waals surface area contributed by atoms with Gasteiger partial charge in [-0.3, -0.25) is 0 Å². The van der Waals surface area contributed by atoms with E-state index < -0.39 is 12.1 Å². The third-order valence-corrected chi connectivity index (χ3v) is 1.64. The van der Waals surface area contributed by atoms with Crippen LogP contribution in [-0.4, -0.2) is 18.8 Å². The fraction of sp³-hybridized carbons (Fsp3) is 0.889. The molecule has 5 heteroatoms. The van der Waals surface area contributed by atoms with Crippen molar-refractivity contribution in [1.29, 1.82) is 0 Å². The molecule has 0 aromatic rings. The van der Waals surface area contributed by atoms with Crippen molar-refractivity contribution in [2.24, 2.45) is 5.92 Å². The Morgan fingerprint density at radius 3 is 2.29 bits per heavy atom. The third-order valence-electron chi connectivity index (χ3n) is 1.64. The molecule has 0 saturated carbocycles. The molecule has 0 N–H and O–H groups in total. The molecule has 0 aliphatic rings. The van der Waals surface area contributed by atoms with Gasteiger partial charge in [0.25, 0.3) is 0 Å². The van der Waals surface area contributed by atoms with Crippen molar-refractivity contribution in [3.8, 4) is 0 Å². The Kier molecular flexibility index (Phi) is 5.57. The Morgan fingerprint density at radius 2 is 1.86 bits per heavy atom. The number of alkyl halides is 3. The molecule has 0 aliphatic heterocycles. The SMILES string of the molecule is CC(C)CCCCOC(=O)C(F)(F)F. The zero-order valence-corrected chi connectivity index (χ0v) is 8.36. The van der Waals surface area contributed by atoms with E-state index in [0.717, 1.165) is 12.8 Å². The highest BCUT2D eigenvalue weighted by molar-refractivity contribution is 5.75. The molecule has 0 aromatic carbocycles. The Bertz CT molecular complexity index is 175. The van der Waals surface area contributed by atoms with E-state index in [0.29, 0.717) is 12.3 Å². The number of carbonyl (C=O) groups is 1. The third kappa shape index (κ3) is 6.74. The zero-order chi connectivity index (χ0) is 11.2. The number of esters is 1. The van der Waals surface area contributed by atoms with Gasteiger partial charge in [0.15, 0.2) is 0 Å². The Balaban J connectivity index is 3.42. The summed E-state index contributed by atoms with van der Waals surface area (Å²) in [6.07, 6.45) is -2.66. The lowest BCUT2D eigenvalue weighted by Crippen LogP contribution is -2.25. The number of unbranched alkanes of at least 4 members (excludes halogenated alkanes) is 1. The van der Waals surface area contributed by atoms with E-state index in [1.807, 2.05) is 13.8 Å². The Morgan fingerprint density at radius 1 is 1.29 bits per heavy atom. The molecule has 0 rings (SSSR count). The van der Waals surface area contributed by atoms with Gasteiger partial charge in [0, 0.05) is 0 Å². The molecule has 0 amide bonds. The summed E-state index contributed by atoms with van der Waals surface area (Å²) in [5.41, 5.74) is 0. The van der Waals surface area contributed by atoms with Gasteiger partial charge in [-0.1, -0.05) is 20.3 Å². The predicted octanol–water partition coefficient (Wildman–Crippen LogP) is 2.92. The average Bonchev–Trinajstić information content (AvgIpc) is 2.01. The molecule has 0 aromatic heterocycles. The van der Waals surface area contributed by atoms with Gasteiger partial charge in [-0.05, 0) is 18.8 Å². The first-order valence-electron chi connectivity index (χ1n) is 4.58. The van der Waals surface area contributed by atoms with Gasteiger partial charge in [0.2, 0.25) is 0 Å². The lowest BCUT2D eigenvalue weighted by molar-refractivity contribution is -0.199. The van der Waals surface area contributed by atoms with E-state index >= 15 is 0 Å². The minimum absolute atomic E-state index is 0.148. The lowest BCUT2D eigenvalue weighted by Gasteiger charge is -2.07. The molecule has 0 bridgehead atoms. The first-order chi connectivity index (χ1) is 6.34. The smallest absolute Gasteiger partial charge is 0.459 e. The van der Waals surface area contributed by atoms with Crippen LogP contribution in [0.1, 0.15) is 33.1 Å². The van der Waals surface area contributed by atoms with Crippen molar-refractivity contribution >= 4 is 5.97 Å². The van der Waals surface area contributed by atoms with Crippen molar-refractivity contribution in [3.63, 3.8) is 0 Å². The molecule has 0 fully saturated rings. The molecular formula is C9H15F3O2. The van der Waals surface area contributed by atoms with Crippen LogP contribution < -0.4 is 0 Å². The molecule has 0 heterocycles. The number of ether oxygens (including phenoxy) is 1. The topological polar surface area (TPSA) is 26.3 Å². The minimum atomic E-state index is -4.86. The molecule has 0 aliphatic carbocycles. The summed E-state index contributed by atoms with van der Waals surface area (Å²) in [7, 11) is 0. The van der Waals surface area contributed by atoms with Crippen molar-refractivity contribution in [3.05, 3.63) is 0 Å². The number of carbonyl (C=O) groups excluding carboxylic acids is 1. The van der Waals surface area contributed by atoms with E-state index in [1.165, 1.54) is 0 Å². The number of rotatable bonds is 5. The second kappa shape index (κ2) is 5.88. The molecule has 0 radical (unpaired) electrons. The summed E-state index contributed by atoms with van der Waals surface area (Å²) in [5, 5.41) is 0. The maximum absolute atomic E-state index is 11.6. The Hall–Kier alpha value is -0.740. The quantitative estimate of drug-likeness (QED) is 0.517. The molecule has 0 atom stereocenters. The van der Waals surface area contributed by atoms with Gasteiger partial charge >= 0.3 is 12.1 Å². The zero-order valence-electron chi connectivity index (χ0n) is 8.36. The Labute approximate surface area is 81.4 Å². The van der Waals surface area contributed by atoms with Gasteiger partial charge in [-0.25, -0.2) is 4.79 Å². The second-order valence-electron chi connectivity index (χ2n) is 3.52. The molecule has 2 nitrogen and oxygen atoms in total. The van der Waals surface area contributed by atoms with Gasteiger partial charge in [0.1, 0.15) is 0 Å². The maximum atomic E-state index is 11.6. The fourth-order valence-corrected chi connectivity index (χ4v) is 0.901. The molecule has 0 spiro atoms. The van der Waals surface area contributed by atoms with E-state index in [9.17, 15) is 18.0 Å². The summed E-state index contributed by atoms with van der Waals surface area (Å²) in [6, 6.07) is 0. The first kappa shape index (κ1) is 13.3. The summed E-state index contributed by atoms with van der Waals surface area (Å²) in [6.45, 7) is 3.91. The fourth-order valence-electron chi connectivity index (χ4n) is 0.901. The van der Waals surface area contributed by atoms with Crippen LogP contribution in [0.3, 0.4) is 0 Å². The molecule has 14 heavy (non-hydrogen) atoms. The van der Waals surface area contributed by atoms with Crippen LogP contribution in [0.4, 0.5) is 13.2 Å². The van der Waals surface area contributed by atoms with Gasteiger partial charge in [0.05, 0.1) is 6.61 Å². The monoisotopic (exact) mass is 212 g/mol. The number of halogens is 3. The van der Waals surface area contributed by atoms with Crippen LogP contribution in [0.15, 0.2) is 0 Å². The van der Waals surface area contributed by atoms with E-state index in [4.69, 9.17) is 0 Å². The number of hydrogen-bond acceptors (Lipinski definition) is 2. The number of hydrogen-bond donors (Lipinski definition) is 0. The summed E-state index contributed by atoms with van der Waals surface area (Å²) >= 11 is 0. The van der Waals surface area contributed by atoms with Crippen molar-refractivity contribution in [2.75, 3.05) is 6.61 Å². The van der Waals surface area contributed by atoms with Crippen LogP contribution >= 0.6 is 0 Å². The average molecular weight is 212 g/mol. The lowest BCUT2D eigenvalue weighted by atomic mass is 10.1. The summed E-state index contributed by atoms with van der Waals surface area (Å²) in [4.78, 5) is 10.2. The van der Waals surface area contributed by atoms with Crippen LogP contribution in [-0.2, 0) is 9.53 Å². The van der Waals surface area contributed by atoms with Crippen molar-refractivity contribution in [2.45, 2.75) is 39.3 Å². The largest absolute Gasteiger partial charge is 0.490 e. The standard InChI is InChI=1S/C9H15F3O2/c1-7(2)5-3-4-6-14-8(13)9(10,11)12/h7H,3-6H2,1-2H3. The maximum Gasteiger partial charge on any atom is 0.490 e. The van der Waals surface area contributed by atoms with Crippen LogP contribution in [0.25, 0.3) is 0 Å². The second-order valence-corrected chi connectivity index (χ2v) is 3.52. The van der Waals surface area contributed by atoms with Gasteiger partial charge in [-0.2, -0.15) is 13.2 Å². The summed E-state index contributed by atoms with van der Waals surface area (Å²) < 4.78 is 38.9. The van der Waals surface area contributed by atoms with Crippen molar-refractivity contribution in [1.82, 2.24) is 0 Å². The molecule has 84 valence electrons. The molecule has 0 saturated heterocycles.